The fourth-order valence-corrected chi connectivity index (χ4v) is 2.59. The number of hydrogen-bond acceptors (Lipinski definition) is 5. The topological polar surface area (TPSA) is 126 Å². The van der Waals surface area contributed by atoms with Crippen molar-refractivity contribution in [1.29, 1.82) is 5.41 Å². The lowest BCUT2D eigenvalue weighted by Crippen LogP contribution is -2.26. The number of nitrogens with one attached hydrogen (secondary N) is 1. The average Bonchev–Trinajstić information content (AvgIpc) is 3.06. The third-order valence-electron chi connectivity index (χ3n) is 3.96. The van der Waals surface area contributed by atoms with Gasteiger partial charge in [-0.2, -0.15) is 13.2 Å². The molecule has 8 nitrogen and oxygen atoms in total. The Labute approximate surface area is 175 Å². The van der Waals surface area contributed by atoms with Crippen LogP contribution in [0.1, 0.15) is 18.1 Å². The maximum Gasteiger partial charge on any atom is 0.416 e. The monoisotopic (exact) mass is 439 g/mol. The van der Waals surface area contributed by atoms with E-state index in [1.807, 2.05) is 0 Å². The largest absolute Gasteiger partial charge is 0.490 e. The smallest absolute Gasteiger partial charge is 0.416 e. The number of nitrogen functional groups attached to an aromatic ring is 1. The van der Waals surface area contributed by atoms with Gasteiger partial charge in [0, 0.05) is 18.2 Å². The molecule has 0 spiro atoms. The summed E-state index contributed by atoms with van der Waals surface area (Å²) >= 11 is 0. The molecule has 4 N–H and O–H groups in total. The Balaban J connectivity index is 0.000000785. The van der Waals surface area contributed by atoms with Crippen LogP contribution in [0, 0.1) is 5.41 Å². The van der Waals surface area contributed by atoms with Crippen LogP contribution in [0.3, 0.4) is 0 Å². The summed E-state index contributed by atoms with van der Waals surface area (Å²) in [4.78, 5) is 22.4. The molecule has 1 atom stereocenters. The van der Waals surface area contributed by atoms with Crippen molar-refractivity contribution >= 4 is 23.6 Å². The van der Waals surface area contributed by atoms with E-state index in [4.69, 9.17) is 30.5 Å². The van der Waals surface area contributed by atoms with Crippen LogP contribution in [0.2, 0.25) is 0 Å². The molecule has 1 heterocycles. The second-order valence-electron chi connectivity index (χ2n) is 6.43. The van der Waals surface area contributed by atoms with Crippen molar-refractivity contribution in [2.45, 2.75) is 19.2 Å². The van der Waals surface area contributed by atoms with Gasteiger partial charge in [-0.05, 0) is 42.5 Å². The molecule has 1 aliphatic rings. The van der Waals surface area contributed by atoms with Crippen molar-refractivity contribution in [3.05, 3.63) is 59.7 Å². The Kier molecular flexibility index (Phi) is 7.46. The van der Waals surface area contributed by atoms with Gasteiger partial charge in [-0.25, -0.2) is 4.79 Å². The molecule has 0 saturated carbocycles. The number of cyclic esters (lactones) is 1. The van der Waals surface area contributed by atoms with Gasteiger partial charge in [0.2, 0.25) is 0 Å². The second kappa shape index (κ2) is 9.83. The van der Waals surface area contributed by atoms with Crippen molar-refractivity contribution in [2.24, 2.45) is 5.73 Å². The zero-order valence-corrected chi connectivity index (χ0v) is 16.3. The fourth-order valence-electron chi connectivity index (χ4n) is 2.59. The Morgan fingerprint density at radius 1 is 1.29 bits per heavy atom. The fraction of sp³-hybridized carbons (Fsp3) is 0.250. The minimum absolute atomic E-state index is 0.0464. The molecule has 31 heavy (non-hydrogen) atoms. The Morgan fingerprint density at radius 3 is 2.45 bits per heavy atom. The minimum Gasteiger partial charge on any atom is -0.490 e. The number of aliphatic carboxylic acids is 1. The number of amides is 1. The summed E-state index contributed by atoms with van der Waals surface area (Å²) in [5, 5.41) is 14.8. The molecule has 1 unspecified atom stereocenters. The number of rotatable bonds is 5. The Hall–Kier alpha value is -3.76. The number of carbonyl (C=O) groups is 2. The Bertz CT molecular complexity index is 944. The maximum absolute atomic E-state index is 12.7. The number of anilines is 1. The van der Waals surface area contributed by atoms with E-state index in [1.165, 1.54) is 17.0 Å². The SMILES string of the molecule is CC(=O)O.N=C(N)c1ccc(N2CC(COc3cccc(C(F)(F)F)c3)OC2=O)cc1. The highest BCUT2D eigenvalue weighted by molar-refractivity contribution is 5.96. The first-order valence-corrected chi connectivity index (χ1v) is 8.89. The molecule has 0 aliphatic carbocycles. The normalized spacial score (nSPS) is 15.5. The summed E-state index contributed by atoms with van der Waals surface area (Å²) < 4.78 is 48.7. The van der Waals surface area contributed by atoms with Gasteiger partial charge >= 0.3 is 12.3 Å². The van der Waals surface area contributed by atoms with Crippen molar-refractivity contribution < 1.29 is 37.3 Å². The summed E-state index contributed by atoms with van der Waals surface area (Å²) in [5.41, 5.74) is 5.67. The molecule has 0 aromatic heterocycles. The highest BCUT2D eigenvalue weighted by atomic mass is 19.4. The van der Waals surface area contributed by atoms with Crippen LogP contribution in [0.25, 0.3) is 0 Å². The first-order chi connectivity index (χ1) is 14.5. The van der Waals surface area contributed by atoms with Gasteiger partial charge in [-0.1, -0.05) is 6.07 Å². The van der Waals surface area contributed by atoms with Gasteiger partial charge in [0.15, 0.2) is 6.10 Å². The van der Waals surface area contributed by atoms with Crippen molar-refractivity contribution in [2.75, 3.05) is 18.1 Å². The highest BCUT2D eigenvalue weighted by Gasteiger charge is 2.33. The zero-order chi connectivity index (χ0) is 23.2. The lowest BCUT2D eigenvalue weighted by molar-refractivity contribution is -0.137. The lowest BCUT2D eigenvalue weighted by atomic mass is 10.2. The first-order valence-electron chi connectivity index (χ1n) is 8.89. The van der Waals surface area contributed by atoms with Gasteiger partial charge < -0.3 is 20.3 Å². The summed E-state index contributed by atoms with van der Waals surface area (Å²) in [7, 11) is 0. The number of carboxylic acid groups (broad SMARTS) is 1. The molecule has 3 rings (SSSR count). The minimum atomic E-state index is -4.46. The third kappa shape index (κ3) is 6.91. The number of ether oxygens (including phenoxy) is 2. The lowest BCUT2D eigenvalue weighted by Gasteiger charge is -2.14. The van der Waals surface area contributed by atoms with E-state index < -0.39 is 29.9 Å². The number of benzene rings is 2. The van der Waals surface area contributed by atoms with E-state index in [0.717, 1.165) is 19.1 Å². The average molecular weight is 439 g/mol. The maximum atomic E-state index is 12.7. The number of alkyl halides is 3. The molecule has 2 aromatic carbocycles. The summed E-state index contributed by atoms with van der Waals surface area (Å²) in [6.45, 7) is 1.20. The van der Waals surface area contributed by atoms with Gasteiger partial charge in [0.1, 0.15) is 18.2 Å². The summed E-state index contributed by atoms with van der Waals surface area (Å²) in [6.07, 6.45) is -5.66. The van der Waals surface area contributed by atoms with E-state index in [9.17, 15) is 18.0 Å². The molecule has 1 fully saturated rings. The zero-order valence-electron chi connectivity index (χ0n) is 16.3. The number of nitrogens with two attached hydrogens (primary N) is 1. The van der Waals surface area contributed by atoms with Gasteiger partial charge in [0.25, 0.3) is 5.97 Å². The van der Waals surface area contributed by atoms with Crippen LogP contribution in [-0.4, -0.2) is 42.3 Å². The number of carboxylic acids is 1. The summed E-state index contributed by atoms with van der Waals surface area (Å²) in [6, 6.07) is 11.0. The van der Waals surface area contributed by atoms with Crippen LogP contribution >= 0.6 is 0 Å². The van der Waals surface area contributed by atoms with Crippen LogP contribution in [0.15, 0.2) is 48.5 Å². The third-order valence-corrected chi connectivity index (χ3v) is 3.96. The van der Waals surface area contributed by atoms with Gasteiger partial charge in [0.05, 0.1) is 12.1 Å². The first kappa shape index (κ1) is 23.5. The molecular weight excluding hydrogens is 419 g/mol. The van der Waals surface area contributed by atoms with E-state index in [0.29, 0.717) is 11.3 Å². The van der Waals surface area contributed by atoms with Crippen molar-refractivity contribution in [3.8, 4) is 5.75 Å². The molecular formula is C20H20F3N3O5. The molecule has 11 heteroatoms. The van der Waals surface area contributed by atoms with E-state index in [1.54, 1.807) is 24.3 Å². The quantitative estimate of drug-likeness (QED) is 0.484. The highest BCUT2D eigenvalue weighted by Crippen LogP contribution is 2.31. The van der Waals surface area contributed by atoms with E-state index in [2.05, 4.69) is 0 Å². The second-order valence-corrected chi connectivity index (χ2v) is 6.43. The predicted molar refractivity (Wildman–Crippen MR) is 105 cm³/mol. The number of halogens is 3. The van der Waals surface area contributed by atoms with Crippen molar-refractivity contribution in [1.82, 2.24) is 0 Å². The van der Waals surface area contributed by atoms with Crippen LogP contribution < -0.4 is 15.4 Å². The number of nitrogens with zero attached hydrogens (tertiary/aromatic N) is 1. The van der Waals surface area contributed by atoms with Gasteiger partial charge in [-0.15, -0.1) is 0 Å². The molecule has 1 saturated heterocycles. The van der Waals surface area contributed by atoms with Crippen molar-refractivity contribution in [3.63, 3.8) is 0 Å². The Morgan fingerprint density at radius 2 is 1.90 bits per heavy atom. The van der Waals surface area contributed by atoms with Gasteiger partial charge in [-0.3, -0.25) is 15.1 Å². The number of amidine groups is 1. The molecule has 0 bridgehead atoms. The van der Waals surface area contributed by atoms with Crippen LogP contribution in [-0.2, 0) is 15.7 Å². The summed E-state index contributed by atoms with van der Waals surface area (Å²) in [5.74, 6) is -0.872. The predicted octanol–water partition coefficient (Wildman–Crippen LogP) is 3.48. The van der Waals surface area contributed by atoms with E-state index >= 15 is 0 Å². The molecule has 1 amide bonds. The van der Waals surface area contributed by atoms with Crippen LogP contribution in [0.5, 0.6) is 5.75 Å². The van der Waals surface area contributed by atoms with Crippen LogP contribution in [0.4, 0.5) is 23.7 Å². The molecule has 166 valence electrons. The van der Waals surface area contributed by atoms with E-state index in [-0.39, 0.29) is 24.7 Å². The molecule has 0 radical (unpaired) electrons. The number of carbonyl (C=O) groups excluding carboxylic acids is 1. The molecule has 1 aliphatic heterocycles. The molecule has 2 aromatic rings. The number of hydrogen-bond donors (Lipinski definition) is 3. The standard InChI is InChI=1S/C18H16F3N3O3.C2H4O2/c19-18(20,21)12-2-1-3-14(8-12)26-10-15-9-24(17(25)27-15)13-6-4-11(5-7-13)16(22)23;1-2(3)4/h1-8,15H,9-10H2,(H3,22,23);1H3,(H,3,4).